The van der Waals surface area contributed by atoms with Gasteiger partial charge in [-0.2, -0.15) is 8.42 Å². The van der Waals surface area contributed by atoms with Crippen LogP contribution in [0.25, 0.3) is 11.4 Å². The first kappa shape index (κ1) is 10.8. The van der Waals surface area contributed by atoms with E-state index in [-0.39, 0.29) is 0 Å². The van der Waals surface area contributed by atoms with Crippen molar-refractivity contribution in [3.05, 3.63) is 42.2 Å². The third kappa shape index (κ3) is 1.84. The van der Waals surface area contributed by atoms with Gasteiger partial charge in [0.2, 0.25) is 0 Å². The van der Waals surface area contributed by atoms with Crippen molar-refractivity contribution in [2.45, 2.75) is 6.92 Å². The maximum Gasteiger partial charge on any atom is 0.304 e. The van der Waals surface area contributed by atoms with Crippen LogP contribution >= 0.6 is 0 Å². The van der Waals surface area contributed by atoms with Crippen LogP contribution in [-0.2, 0) is 10.2 Å². The topological polar surface area (TPSA) is 78.0 Å². The highest BCUT2D eigenvalue weighted by molar-refractivity contribution is 7.87. The Hall–Kier alpha value is -1.66. The van der Waals surface area contributed by atoms with Crippen molar-refractivity contribution in [3.8, 4) is 11.4 Å². The molecule has 0 radical (unpaired) electrons. The van der Waals surface area contributed by atoms with Crippen LogP contribution in [0.1, 0.15) is 5.56 Å². The summed E-state index contributed by atoms with van der Waals surface area (Å²) in [4.78, 5) is 4.02. The second-order valence-corrected chi connectivity index (χ2v) is 4.83. The molecule has 0 aliphatic rings. The molecule has 84 valence electrons. The highest BCUT2D eigenvalue weighted by Crippen LogP contribution is 2.21. The highest BCUT2D eigenvalue weighted by Gasteiger charge is 2.14. The number of aromatic nitrogens is 2. The number of nitrogens with zero attached hydrogens (tertiary/aromatic N) is 2. The molecule has 0 unspecified atom stereocenters. The molecular formula is C10H11N3O2S. The molecule has 0 atom stereocenters. The summed E-state index contributed by atoms with van der Waals surface area (Å²) in [5.41, 5.74) is 1.69. The lowest BCUT2D eigenvalue weighted by Gasteiger charge is -2.07. The molecule has 1 aromatic heterocycles. The lowest BCUT2D eigenvalue weighted by molar-refractivity contribution is 0.589. The van der Waals surface area contributed by atoms with Gasteiger partial charge < -0.3 is 0 Å². The Morgan fingerprint density at radius 2 is 2.00 bits per heavy atom. The molecule has 0 fully saturated rings. The highest BCUT2D eigenvalue weighted by atomic mass is 32.2. The van der Waals surface area contributed by atoms with Crippen LogP contribution in [0, 0.1) is 6.92 Å². The van der Waals surface area contributed by atoms with Gasteiger partial charge in [-0.25, -0.2) is 14.1 Å². The summed E-state index contributed by atoms with van der Waals surface area (Å²) >= 11 is 0. The molecule has 1 aromatic carbocycles. The van der Waals surface area contributed by atoms with Crippen molar-refractivity contribution in [2.24, 2.45) is 5.14 Å². The number of aryl methyl sites for hydroxylation is 1. The van der Waals surface area contributed by atoms with Gasteiger partial charge in [0.15, 0.2) is 5.82 Å². The molecular weight excluding hydrogens is 226 g/mol. The Labute approximate surface area is 93.7 Å². The zero-order valence-corrected chi connectivity index (χ0v) is 9.48. The van der Waals surface area contributed by atoms with Crippen LogP contribution in [0.3, 0.4) is 0 Å². The van der Waals surface area contributed by atoms with Crippen LogP contribution in [0.15, 0.2) is 36.7 Å². The summed E-state index contributed by atoms with van der Waals surface area (Å²) in [7, 11) is -3.80. The molecule has 0 amide bonds. The second-order valence-electron chi connectivity index (χ2n) is 3.41. The first-order valence-electron chi connectivity index (χ1n) is 4.63. The van der Waals surface area contributed by atoms with E-state index in [1.807, 2.05) is 25.1 Å². The number of nitrogens with two attached hydrogens (primary N) is 1. The van der Waals surface area contributed by atoms with E-state index >= 15 is 0 Å². The van der Waals surface area contributed by atoms with Gasteiger partial charge in [-0.15, -0.1) is 0 Å². The van der Waals surface area contributed by atoms with Crippen molar-refractivity contribution in [3.63, 3.8) is 0 Å². The molecule has 2 aromatic rings. The standard InChI is InChI=1S/C10H11N3O2S/c1-8-4-2-3-5-9(8)10-12-6-7-13(10)16(11,14)15/h2-7H,1H3,(H2,11,14,15). The van der Waals surface area contributed by atoms with E-state index in [0.29, 0.717) is 5.82 Å². The Morgan fingerprint density at radius 1 is 1.31 bits per heavy atom. The number of hydrogen-bond donors (Lipinski definition) is 1. The first-order chi connectivity index (χ1) is 7.50. The summed E-state index contributed by atoms with van der Waals surface area (Å²) in [5.74, 6) is 0.334. The van der Waals surface area contributed by atoms with Gasteiger partial charge in [-0.3, -0.25) is 0 Å². The molecule has 16 heavy (non-hydrogen) atoms. The fourth-order valence-corrected chi connectivity index (χ4v) is 2.12. The lowest BCUT2D eigenvalue weighted by atomic mass is 10.1. The maximum absolute atomic E-state index is 11.3. The quantitative estimate of drug-likeness (QED) is 0.843. The van der Waals surface area contributed by atoms with Gasteiger partial charge in [0, 0.05) is 18.0 Å². The molecule has 6 heteroatoms. The van der Waals surface area contributed by atoms with Gasteiger partial charge in [0.05, 0.1) is 0 Å². The van der Waals surface area contributed by atoms with E-state index in [1.54, 1.807) is 6.07 Å². The van der Waals surface area contributed by atoms with Crippen LogP contribution in [0.4, 0.5) is 0 Å². The summed E-state index contributed by atoms with van der Waals surface area (Å²) in [6.07, 6.45) is 2.74. The van der Waals surface area contributed by atoms with Crippen LogP contribution in [0.2, 0.25) is 0 Å². The third-order valence-corrected chi connectivity index (χ3v) is 3.11. The van der Waals surface area contributed by atoms with Crippen molar-refractivity contribution < 1.29 is 8.42 Å². The predicted octanol–water partition coefficient (Wildman–Crippen LogP) is 0.910. The van der Waals surface area contributed by atoms with Crippen LogP contribution in [0.5, 0.6) is 0 Å². The maximum atomic E-state index is 11.3. The predicted molar refractivity (Wildman–Crippen MR) is 60.9 cm³/mol. The van der Waals surface area contributed by atoms with Crippen molar-refractivity contribution in [2.75, 3.05) is 0 Å². The van der Waals surface area contributed by atoms with Gasteiger partial charge in [0.1, 0.15) is 0 Å². The summed E-state index contributed by atoms with van der Waals surface area (Å²) in [5, 5.41) is 5.08. The number of rotatable bonds is 2. The minimum Gasteiger partial charge on any atom is -0.236 e. The summed E-state index contributed by atoms with van der Waals surface area (Å²) in [6, 6.07) is 7.39. The zero-order chi connectivity index (χ0) is 11.8. The van der Waals surface area contributed by atoms with Crippen LogP contribution < -0.4 is 5.14 Å². The molecule has 1 heterocycles. The smallest absolute Gasteiger partial charge is 0.236 e. The van der Waals surface area contributed by atoms with E-state index < -0.39 is 10.2 Å². The van der Waals surface area contributed by atoms with E-state index in [1.165, 1.54) is 12.4 Å². The number of benzene rings is 1. The minimum atomic E-state index is -3.80. The molecule has 0 saturated carbocycles. The van der Waals surface area contributed by atoms with E-state index in [9.17, 15) is 8.42 Å². The van der Waals surface area contributed by atoms with Gasteiger partial charge in [-0.1, -0.05) is 24.3 Å². The summed E-state index contributed by atoms with van der Waals surface area (Å²) < 4.78 is 23.6. The van der Waals surface area contributed by atoms with Gasteiger partial charge in [-0.05, 0) is 12.5 Å². The van der Waals surface area contributed by atoms with E-state index in [4.69, 9.17) is 5.14 Å². The average Bonchev–Trinajstić information content (AvgIpc) is 2.66. The fraction of sp³-hybridized carbons (Fsp3) is 0.100. The lowest BCUT2D eigenvalue weighted by Crippen LogP contribution is -2.22. The Morgan fingerprint density at radius 3 is 2.62 bits per heavy atom. The fourth-order valence-electron chi connectivity index (χ4n) is 1.51. The van der Waals surface area contributed by atoms with Gasteiger partial charge in [0.25, 0.3) is 0 Å². The Balaban J connectivity index is 2.68. The first-order valence-corrected chi connectivity index (χ1v) is 6.13. The third-order valence-electron chi connectivity index (χ3n) is 2.27. The molecule has 0 bridgehead atoms. The number of hydrogen-bond acceptors (Lipinski definition) is 3. The molecule has 0 spiro atoms. The Kier molecular flexibility index (Phi) is 2.53. The monoisotopic (exact) mass is 237 g/mol. The SMILES string of the molecule is Cc1ccccc1-c1nccn1S(N)(=O)=O. The summed E-state index contributed by atoms with van der Waals surface area (Å²) in [6.45, 7) is 1.89. The average molecular weight is 237 g/mol. The van der Waals surface area contributed by atoms with E-state index in [0.717, 1.165) is 15.1 Å². The largest absolute Gasteiger partial charge is 0.304 e. The molecule has 5 nitrogen and oxygen atoms in total. The van der Waals surface area contributed by atoms with Crippen molar-refractivity contribution in [1.29, 1.82) is 0 Å². The molecule has 2 N–H and O–H groups in total. The molecule has 2 rings (SSSR count). The van der Waals surface area contributed by atoms with E-state index in [2.05, 4.69) is 4.98 Å². The van der Waals surface area contributed by atoms with Crippen molar-refractivity contribution in [1.82, 2.24) is 8.96 Å². The number of imidazole rings is 1. The normalized spacial score (nSPS) is 11.6. The minimum absolute atomic E-state index is 0.334. The molecule has 0 saturated heterocycles. The molecule has 0 aliphatic heterocycles. The van der Waals surface area contributed by atoms with Gasteiger partial charge >= 0.3 is 10.2 Å². The Bertz CT molecular complexity index is 616. The van der Waals surface area contributed by atoms with Crippen molar-refractivity contribution >= 4 is 10.2 Å². The van der Waals surface area contributed by atoms with Crippen LogP contribution in [-0.4, -0.2) is 17.4 Å². The zero-order valence-electron chi connectivity index (χ0n) is 8.66. The second kappa shape index (κ2) is 3.73. The molecule has 0 aliphatic carbocycles.